The Labute approximate surface area is 127 Å². The van der Waals surface area contributed by atoms with E-state index in [0.29, 0.717) is 21.4 Å². The summed E-state index contributed by atoms with van der Waals surface area (Å²) in [6, 6.07) is 4.67. The summed E-state index contributed by atoms with van der Waals surface area (Å²) in [4.78, 5) is 11.2. The quantitative estimate of drug-likeness (QED) is 0.871. The van der Waals surface area contributed by atoms with E-state index in [4.69, 9.17) is 14.6 Å². The van der Waals surface area contributed by atoms with E-state index in [0.717, 1.165) is 7.05 Å². The number of likely N-dealkylation sites (N-methyl/N-ethyl adjacent to an activating group) is 1. The number of ether oxygens (including phenoxy) is 2. The first-order valence-electron chi connectivity index (χ1n) is 6.06. The van der Waals surface area contributed by atoms with Gasteiger partial charge in [-0.15, -0.1) is 4.40 Å². The molecule has 0 radical (unpaired) electrons. The highest BCUT2D eigenvalue weighted by molar-refractivity contribution is 7.88. The summed E-state index contributed by atoms with van der Waals surface area (Å²) < 4.78 is 38.3. The highest BCUT2D eigenvalue weighted by Crippen LogP contribution is 2.29. The second-order valence-electron chi connectivity index (χ2n) is 4.33. The minimum atomic E-state index is -4.09. The first-order valence-corrected chi connectivity index (χ1v) is 7.46. The number of aliphatic carboxylic acids is 1. The fourth-order valence-corrected chi connectivity index (χ4v) is 2.79. The van der Waals surface area contributed by atoms with Crippen LogP contribution in [-0.4, -0.2) is 50.8 Å². The molecule has 1 aromatic carbocycles. The zero-order valence-corrected chi connectivity index (χ0v) is 12.9. The van der Waals surface area contributed by atoms with E-state index in [1.807, 2.05) is 0 Å². The third kappa shape index (κ3) is 2.75. The minimum Gasteiger partial charge on any atom is -0.493 e. The Morgan fingerprint density at radius 1 is 1.23 bits per heavy atom. The Morgan fingerprint density at radius 2 is 1.86 bits per heavy atom. The van der Waals surface area contributed by atoms with Crippen LogP contribution in [0, 0.1) is 0 Å². The number of carbonyl (C=O) groups is 1. The summed E-state index contributed by atoms with van der Waals surface area (Å²) in [5.41, 5.74) is 0.0179. The van der Waals surface area contributed by atoms with Crippen molar-refractivity contribution in [2.75, 3.05) is 21.3 Å². The molecule has 2 rings (SSSR count). The second-order valence-corrected chi connectivity index (χ2v) is 5.95. The predicted octanol–water partition coefficient (Wildman–Crippen LogP) is 0.652. The zero-order valence-electron chi connectivity index (χ0n) is 12.1. The van der Waals surface area contributed by atoms with Crippen LogP contribution in [-0.2, 0) is 15.0 Å². The lowest BCUT2D eigenvalue weighted by molar-refractivity contribution is -0.133. The van der Waals surface area contributed by atoms with Crippen LogP contribution in [0.4, 0.5) is 0 Å². The molecule has 22 heavy (non-hydrogen) atoms. The van der Waals surface area contributed by atoms with Crippen LogP contribution < -0.4 is 9.47 Å². The maximum atomic E-state index is 11.9. The normalized spacial score (nSPS) is 16.6. The summed E-state index contributed by atoms with van der Waals surface area (Å²) in [7, 11) is -0.0514. The molecule has 0 atom stereocenters. The predicted molar refractivity (Wildman–Crippen MR) is 78.5 cm³/mol. The zero-order chi connectivity index (χ0) is 16.5. The van der Waals surface area contributed by atoms with Crippen molar-refractivity contribution in [3.63, 3.8) is 0 Å². The molecular formula is C13H14N2O6S. The molecule has 1 N–H and O–H groups in total. The van der Waals surface area contributed by atoms with Gasteiger partial charge in [0.15, 0.2) is 11.5 Å². The van der Waals surface area contributed by atoms with E-state index in [2.05, 4.69) is 4.40 Å². The largest absolute Gasteiger partial charge is 0.493 e. The van der Waals surface area contributed by atoms with E-state index in [-0.39, 0.29) is 11.4 Å². The molecule has 0 unspecified atom stereocenters. The maximum absolute atomic E-state index is 11.9. The minimum absolute atomic E-state index is 0.0106. The third-order valence-corrected chi connectivity index (χ3v) is 4.39. The Balaban J connectivity index is 2.59. The van der Waals surface area contributed by atoms with Crippen LogP contribution in [0.5, 0.6) is 11.5 Å². The lowest BCUT2D eigenvalue weighted by atomic mass is 10.1. The van der Waals surface area contributed by atoms with Crippen LogP contribution in [0.2, 0.25) is 0 Å². The van der Waals surface area contributed by atoms with Gasteiger partial charge in [-0.3, -0.25) is 0 Å². The molecule has 0 aromatic heterocycles. The topological polar surface area (TPSA) is 106 Å². The Kier molecular flexibility index (Phi) is 4.09. The van der Waals surface area contributed by atoms with E-state index in [9.17, 15) is 13.2 Å². The fraction of sp³-hybridized carbons (Fsp3) is 0.231. The van der Waals surface area contributed by atoms with E-state index in [1.54, 1.807) is 12.1 Å². The molecule has 0 fully saturated rings. The van der Waals surface area contributed by atoms with Crippen molar-refractivity contribution in [1.29, 1.82) is 0 Å². The second kappa shape index (κ2) is 5.68. The van der Waals surface area contributed by atoms with Crippen molar-refractivity contribution >= 4 is 21.9 Å². The van der Waals surface area contributed by atoms with Crippen LogP contribution in [0.15, 0.2) is 34.4 Å². The third-order valence-electron chi connectivity index (χ3n) is 3.07. The Hall–Kier alpha value is -2.55. The fourth-order valence-electron chi connectivity index (χ4n) is 1.88. The van der Waals surface area contributed by atoms with Gasteiger partial charge in [-0.25, -0.2) is 9.10 Å². The van der Waals surface area contributed by atoms with E-state index < -0.39 is 16.2 Å². The monoisotopic (exact) mass is 326 g/mol. The molecule has 0 saturated heterocycles. The summed E-state index contributed by atoms with van der Waals surface area (Å²) in [5.74, 6) is -0.520. The van der Waals surface area contributed by atoms with Crippen molar-refractivity contribution in [1.82, 2.24) is 4.31 Å². The molecule has 1 heterocycles. The SMILES string of the molecule is COc1ccc(C2=NS(=O)(=O)N(C)C(C(=O)O)=C2)cc1OC. The summed E-state index contributed by atoms with van der Waals surface area (Å²) >= 11 is 0. The average Bonchev–Trinajstić information content (AvgIpc) is 2.48. The summed E-state index contributed by atoms with van der Waals surface area (Å²) in [6.45, 7) is 0. The maximum Gasteiger partial charge on any atom is 0.353 e. The number of rotatable bonds is 4. The van der Waals surface area contributed by atoms with Gasteiger partial charge in [0.25, 0.3) is 0 Å². The lowest BCUT2D eigenvalue weighted by Crippen LogP contribution is -2.33. The number of carboxylic acid groups (broad SMARTS) is 1. The van der Waals surface area contributed by atoms with Gasteiger partial charge >= 0.3 is 16.2 Å². The lowest BCUT2D eigenvalue weighted by Gasteiger charge is -2.21. The van der Waals surface area contributed by atoms with Crippen molar-refractivity contribution in [3.8, 4) is 11.5 Å². The molecule has 9 heteroatoms. The number of benzene rings is 1. The number of nitrogens with zero attached hydrogens (tertiary/aromatic N) is 2. The smallest absolute Gasteiger partial charge is 0.353 e. The van der Waals surface area contributed by atoms with Gasteiger partial charge in [0.05, 0.1) is 19.9 Å². The van der Waals surface area contributed by atoms with E-state index in [1.165, 1.54) is 26.4 Å². The van der Waals surface area contributed by atoms with Crippen molar-refractivity contribution in [2.45, 2.75) is 0 Å². The van der Waals surface area contributed by atoms with Gasteiger partial charge in [-0.2, -0.15) is 8.42 Å². The number of carboxylic acids is 1. The van der Waals surface area contributed by atoms with Crippen LogP contribution >= 0.6 is 0 Å². The van der Waals surface area contributed by atoms with E-state index >= 15 is 0 Å². The van der Waals surface area contributed by atoms with Crippen molar-refractivity contribution in [3.05, 3.63) is 35.5 Å². The van der Waals surface area contributed by atoms with Gasteiger partial charge in [-0.1, -0.05) is 0 Å². The number of hydrogen-bond acceptors (Lipinski definition) is 5. The molecule has 1 aliphatic rings. The van der Waals surface area contributed by atoms with Crippen molar-refractivity contribution in [2.24, 2.45) is 4.40 Å². The molecule has 0 bridgehead atoms. The molecule has 0 spiro atoms. The molecule has 1 aromatic rings. The van der Waals surface area contributed by atoms with Crippen LogP contribution in [0.3, 0.4) is 0 Å². The highest BCUT2D eigenvalue weighted by atomic mass is 32.2. The Morgan fingerprint density at radius 3 is 2.41 bits per heavy atom. The standard InChI is InChI=1S/C13H14N2O6S/c1-15-10(13(16)17)7-9(14-22(15,18)19)8-4-5-11(20-2)12(6-8)21-3/h4-7H,1-3H3,(H,16,17). The first kappa shape index (κ1) is 15.8. The molecule has 0 aliphatic carbocycles. The number of hydrogen-bond donors (Lipinski definition) is 1. The van der Waals surface area contributed by atoms with Gasteiger partial charge in [-0.05, 0) is 24.3 Å². The molecule has 0 amide bonds. The summed E-state index contributed by atoms with van der Waals surface area (Å²) in [6.07, 6.45) is 1.19. The van der Waals surface area contributed by atoms with Gasteiger partial charge < -0.3 is 14.6 Å². The van der Waals surface area contributed by atoms with Crippen LogP contribution in [0.25, 0.3) is 0 Å². The van der Waals surface area contributed by atoms with Gasteiger partial charge in [0, 0.05) is 12.6 Å². The highest BCUT2D eigenvalue weighted by Gasteiger charge is 2.29. The summed E-state index contributed by atoms with van der Waals surface area (Å²) in [5, 5.41) is 9.11. The van der Waals surface area contributed by atoms with Gasteiger partial charge in [0.2, 0.25) is 0 Å². The number of methoxy groups -OCH3 is 2. The molecule has 118 valence electrons. The molecule has 8 nitrogen and oxygen atoms in total. The first-order chi connectivity index (χ1) is 10.3. The van der Waals surface area contributed by atoms with Crippen molar-refractivity contribution < 1.29 is 27.8 Å². The van der Waals surface area contributed by atoms with Crippen LogP contribution in [0.1, 0.15) is 5.56 Å². The molecule has 1 aliphatic heterocycles. The number of allylic oxidation sites excluding steroid dienone is 1. The molecular weight excluding hydrogens is 312 g/mol. The van der Waals surface area contributed by atoms with Gasteiger partial charge in [0.1, 0.15) is 5.70 Å². The Bertz CT molecular complexity index is 782. The average molecular weight is 326 g/mol. The molecule has 0 saturated carbocycles.